The Morgan fingerprint density at radius 2 is 1.85 bits per heavy atom. The van der Waals surface area contributed by atoms with E-state index in [4.69, 9.17) is 11.6 Å². The normalized spacial score (nSPS) is 10.9. The summed E-state index contributed by atoms with van der Waals surface area (Å²) < 4.78 is 1.63. The highest BCUT2D eigenvalue weighted by molar-refractivity contribution is 6.31. The van der Waals surface area contributed by atoms with Gasteiger partial charge >= 0.3 is 0 Å². The van der Waals surface area contributed by atoms with Crippen LogP contribution in [0.25, 0.3) is 16.6 Å². The van der Waals surface area contributed by atoms with Gasteiger partial charge in [0.05, 0.1) is 16.6 Å². The summed E-state index contributed by atoms with van der Waals surface area (Å²) in [5, 5.41) is 1.07. The number of aromatic nitrogens is 2. The standard InChI is InChI=1S/C16H13ClN2O/c1-10-5-3-4-6-15(10)19-11(2)18-14-8-7-12(17)9-13(14)16(19)20/h3-9H,1-2H3. The average Bonchev–Trinajstić information content (AvgIpc) is 2.42. The number of fused-ring (bicyclic) bond motifs is 1. The molecule has 3 aromatic rings. The van der Waals surface area contributed by atoms with Crippen molar-refractivity contribution in [1.29, 1.82) is 0 Å². The second-order valence-electron chi connectivity index (χ2n) is 4.75. The number of halogens is 1. The maximum Gasteiger partial charge on any atom is 0.266 e. The van der Waals surface area contributed by atoms with Gasteiger partial charge in [-0.3, -0.25) is 9.36 Å². The molecule has 0 saturated heterocycles. The molecule has 0 saturated carbocycles. The first-order valence-corrected chi connectivity index (χ1v) is 6.70. The van der Waals surface area contributed by atoms with E-state index in [1.54, 1.807) is 22.8 Å². The lowest BCUT2D eigenvalue weighted by molar-refractivity contribution is 0.888. The van der Waals surface area contributed by atoms with E-state index in [1.807, 2.05) is 38.1 Å². The molecule has 1 heterocycles. The molecule has 3 rings (SSSR count). The summed E-state index contributed by atoms with van der Waals surface area (Å²) in [5.41, 5.74) is 2.45. The van der Waals surface area contributed by atoms with Crippen molar-refractivity contribution in [3.63, 3.8) is 0 Å². The number of para-hydroxylation sites is 1. The fourth-order valence-corrected chi connectivity index (χ4v) is 2.54. The lowest BCUT2D eigenvalue weighted by Gasteiger charge is -2.13. The number of hydrogen-bond donors (Lipinski definition) is 0. The number of aryl methyl sites for hydroxylation is 2. The molecule has 1 aromatic heterocycles. The predicted octanol–water partition coefficient (Wildman–Crippen LogP) is 3.66. The molecule has 0 spiro atoms. The topological polar surface area (TPSA) is 34.9 Å². The molecule has 20 heavy (non-hydrogen) atoms. The van der Waals surface area contributed by atoms with Crippen molar-refractivity contribution in [3.05, 3.63) is 69.2 Å². The molecule has 0 bridgehead atoms. The summed E-state index contributed by atoms with van der Waals surface area (Å²) in [7, 11) is 0. The molecule has 0 unspecified atom stereocenters. The van der Waals surface area contributed by atoms with Crippen LogP contribution in [0.2, 0.25) is 5.02 Å². The fraction of sp³-hybridized carbons (Fsp3) is 0.125. The zero-order valence-corrected chi connectivity index (χ0v) is 12.0. The third kappa shape index (κ3) is 2.00. The van der Waals surface area contributed by atoms with Crippen LogP contribution in [0.5, 0.6) is 0 Å². The van der Waals surface area contributed by atoms with Gasteiger partial charge in [-0.1, -0.05) is 29.8 Å². The third-order valence-electron chi connectivity index (χ3n) is 3.35. The summed E-state index contributed by atoms with van der Waals surface area (Å²) >= 11 is 5.98. The summed E-state index contributed by atoms with van der Waals surface area (Å²) in [4.78, 5) is 17.2. The maximum absolute atomic E-state index is 12.7. The van der Waals surface area contributed by atoms with Gasteiger partial charge < -0.3 is 0 Å². The summed E-state index contributed by atoms with van der Waals surface area (Å²) in [6.45, 7) is 3.81. The van der Waals surface area contributed by atoms with Gasteiger partial charge in [0.25, 0.3) is 5.56 Å². The molecule has 100 valence electrons. The Balaban J connectivity index is 2.43. The van der Waals surface area contributed by atoms with Gasteiger partial charge in [-0.15, -0.1) is 0 Å². The van der Waals surface area contributed by atoms with Gasteiger partial charge in [0.2, 0.25) is 0 Å². The maximum atomic E-state index is 12.7. The Morgan fingerprint density at radius 3 is 2.60 bits per heavy atom. The molecule has 0 N–H and O–H groups in total. The van der Waals surface area contributed by atoms with Crippen molar-refractivity contribution in [2.45, 2.75) is 13.8 Å². The number of benzene rings is 2. The quantitative estimate of drug-likeness (QED) is 0.683. The largest absolute Gasteiger partial charge is 0.268 e. The van der Waals surface area contributed by atoms with E-state index in [-0.39, 0.29) is 5.56 Å². The molecule has 0 radical (unpaired) electrons. The molecule has 2 aromatic carbocycles. The zero-order chi connectivity index (χ0) is 14.3. The van der Waals surface area contributed by atoms with Crippen LogP contribution >= 0.6 is 11.6 Å². The Morgan fingerprint density at radius 1 is 1.10 bits per heavy atom. The van der Waals surface area contributed by atoms with Crippen LogP contribution in [0.1, 0.15) is 11.4 Å². The van der Waals surface area contributed by atoms with Crippen LogP contribution in [0, 0.1) is 13.8 Å². The lowest BCUT2D eigenvalue weighted by atomic mass is 10.2. The fourth-order valence-electron chi connectivity index (χ4n) is 2.37. The average molecular weight is 285 g/mol. The van der Waals surface area contributed by atoms with Gasteiger partial charge in [-0.2, -0.15) is 0 Å². The minimum Gasteiger partial charge on any atom is -0.268 e. The first-order chi connectivity index (χ1) is 9.58. The van der Waals surface area contributed by atoms with Crippen LogP contribution < -0.4 is 5.56 Å². The van der Waals surface area contributed by atoms with E-state index in [2.05, 4.69) is 4.98 Å². The molecule has 0 aliphatic heterocycles. The van der Waals surface area contributed by atoms with Crippen LogP contribution in [0.15, 0.2) is 47.3 Å². The smallest absolute Gasteiger partial charge is 0.266 e. The predicted molar refractivity (Wildman–Crippen MR) is 81.8 cm³/mol. The summed E-state index contributed by atoms with van der Waals surface area (Å²) in [5.74, 6) is 0.666. The van der Waals surface area contributed by atoms with Crippen molar-refractivity contribution in [2.24, 2.45) is 0 Å². The van der Waals surface area contributed by atoms with E-state index in [1.165, 1.54) is 0 Å². The van der Waals surface area contributed by atoms with E-state index < -0.39 is 0 Å². The highest BCUT2D eigenvalue weighted by Gasteiger charge is 2.11. The van der Waals surface area contributed by atoms with Gasteiger partial charge in [0, 0.05) is 5.02 Å². The summed E-state index contributed by atoms with van der Waals surface area (Å²) in [6, 6.07) is 12.9. The molecule has 3 nitrogen and oxygen atoms in total. The number of rotatable bonds is 1. The van der Waals surface area contributed by atoms with Gasteiger partial charge in [0.1, 0.15) is 5.82 Å². The Hall–Kier alpha value is -2.13. The van der Waals surface area contributed by atoms with Crippen molar-refractivity contribution in [1.82, 2.24) is 9.55 Å². The van der Waals surface area contributed by atoms with E-state index >= 15 is 0 Å². The van der Waals surface area contributed by atoms with Gasteiger partial charge in [0.15, 0.2) is 0 Å². The Bertz CT molecular complexity index is 868. The zero-order valence-electron chi connectivity index (χ0n) is 11.2. The second kappa shape index (κ2) is 4.76. The van der Waals surface area contributed by atoms with E-state index in [0.29, 0.717) is 21.7 Å². The number of nitrogens with zero attached hydrogens (tertiary/aromatic N) is 2. The second-order valence-corrected chi connectivity index (χ2v) is 5.18. The molecule has 4 heteroatoms. The monoisotopic (exact) mass is 284 g/mol. The van der Waals surface area contributed by atoms with Gasteiger partial charge in [-0.05, 0) is 43.7 Å². The molecule has 0 aliphatic carbocycles. The minimum atomic E-state index is -0.0932. The van der Waals surface area contributed by atoms with Crippen molar-refractivity contribution < 1.29 is 0 Å². The van der Waals surface area contributed by atoms with Crippen molar-refractivity contribution in [2.75, 3.05) is 0 Å². The summed E-state index contributed by atoms with van der Waals surface area (Å²) in [6.07, 6.45) is 0. The first-order valence-electron chi connectivity index (χ1n) is 6.33. The van der Waals surface area contributed by atoms with Crippen molar-refractivity contribution in [3.8, 4) is 5.69 Å². The van der Waals surface area contributed by atoms with Crippen LogP contribution in [0.4, 0.5) is 0 Å². The number of hydrogen-bond acceptors (Lipinski definition) is 2. The van der Waals surface area contributed by atoms with Crippen molar-refractivity contribution >= 4 is 22.5 Å². The van der Waals surface area contributed by atoms with Crippen LogP contribution in [0.3, 0.4) is 0 Å². The lowest BCUT2D eigenvalue weighted by Crippen LogP contribution is -2.22. The molecular formula is C16H13ClN2O. The third-order valence-corrected chi connectivity index (χ3v) is 3.59. The van der Waals surface area contributed by atoms with E-state index in [0.717, 1.165) is 11.3 Å². The minimum absolute atomic E-state index is 0.0932. The molecule has 0 fully saturated rings. The van der Waals surface area contributed by atoms with Crippen LogP contribution in [-0.2, 0) is 0 Å². The highest BCUT2D eigenvalue weighted by Crippen LogP contribution is 2.18. The van der Waals surface area contributed by atoms with Crippen LogP contribution in [-0.4, -0.2) is 9.55 Å². The van der Waals surface area contributed by atoms with E-state index in [9.17, 15) is 4.79 Å². The molecule has 0 amide bonds. The Kier molecular flexibility index (Phi) is 3.07. The SMILES string of the molecule is Cc1ccccc1-n1c(C)nc2ccc(Cl)cc2c1=O. The molecule has 0 aliphatic rings. The highest BCUT2D eigenvalue weighted by atomic mass is 35.5. The first kappa shape index (κ1) is 12.9. The molecule has 0 atom stereocenters. The Labute approximate surface area is 121 Å². The van der Waals surface area contributed by atoms with Gasteiger partial charge in [-0.25, -0.2) is 4.98 Å². The molecular weight excluding hydrogens is 272 g/mol.